The van der Waals surface area contributed by atoms with Gasteiger partial charge in [0.25, 0.3) is 0 Å². The van der Waals surface area contributed by atoms with Crippen LogP contribution in [-0.2, 0) is 16.0 Å². The van der Waals surface area contributed by atoms with Gasteiger partial charge < -0.3 is 25.4 Å². The van der Waals surface area contributed by atoms with Crippen molar-refractivity contribution in [2.75, 3.05) is 51.7 Å². The second-order valence-corrected chi connectivity index (χ2v) is 7.64. The lowest BCUT2D eigenvalue weighted by atomic mass is 10.0. The Morgan fingerprint density at radius 1 is 1.42 bits per heavy atom. The van der Waals surface area contributed by atoms with Crippen molar-refractivity contribution in [1.82, 2.24) is 14.8 Å². The summed E-state index contributed by atoms with van der Waals surface area (Å²) in [6.45, 7) is 4.22. The Labute approximate surface area is 146 Å². The fourth-order valence-corrected chi connectivity index (χ4v) is 4.01. The van der Waals surface area contributed by atoms with Crippen LogP contribution in [0.25, 0.3) is 0 Å². The number of β-amino-alcohol motifs (C(OH)–C–C–N with tert-alkyl or cyclic N) is 1. The standard InChI is InChI=1S/C16H26N4O3S/c17-15-18-13(9-24-15)3-4-14(21)20-7-8-23-12-16(22,11-20)10-19-5-1-2-6-19/h9,22H,1-8,10-12H2,(H2,17,18)/t16-/m1/s1. The van der Waals surface area contributed by atoms with E-state index in [2.05, 4.69) is 9.88 Å². The summed E-state index contributed by atoms with van der Waals surface area (Å²) < 4.78 is 5.57. The average molecular weight is 354 g/mol. The van der Waals surface area contributed by atoms with E-state index in [1.165, 1.54) is 24.2 Å². The van der Waals surface area contributed by atoms with Crippen LogP contribution in [0, 0.1) is 0 Å². The number of carbonyl (C=O) groups excluding carboxylic acids is 1. The fraction of sp³-hybridized carbons (Fsp3) is 0.750. The largest absolute Gasteiger partial charge is 0.384 e. The molecule has 3 N–H and O–H groups in total. The number of aliphatic hydroxyl groups is 1. The Balaban J connectivity index is 1.55. The van der Waals surface area contributed by atoms with Crippen LogP contribution in [0.2, 0.25) is 0 Å². The van der Waals surface area contributed by atoms with E-state index in [4.69, 9.17) is 10.5 Å². The molecule has 8 heteroatoms. The number of nitrogens with zero attached hydrogens (tertiary/aromatic N) is 3. The van der Waals surface area contributed by atoms with Crippen molar-refractivity contribution in [3.63, 3.8) is 0 Å². The first-order chi connectivity index (χ1) is 11.5. The Morgan fingerprint density at radius 2 is 2.21 bits per heavy atom. The third kappa shape index (κ3) is 4.66. The Bertz CT molecular complexity index is 561. The van der Waals surface area contributed by atoms with Crippen molar-refractivity contribution in [3.05, 3.63) is 11.1 Å². The topological polar surface area (TPSA) is 91.9 Å². The number of nitrogen functional groups attached to an aromatic ring is 1. The number of ether oxygens (including phenoxy) is 1. The van der Waals surface area contributed by atoms with Crippen molar-refractivity contribution in [3.8, 4) is 0 Å². The molecule has 3 heterocycles. The Kier molecular flexibility index (Phi) is 5.70. The molecular weight excluding hydrogens is 328 g/mol. The quantitative estimate of drug-likeness (QED) is 0.792. The molecule has 0 bridgehead atoms. The van der Waals surface area contributed by atoms with E-state index in [9.17, 15) is 9.90 Å². The van der Waals surface area contributed by atoms with Crippen LogP contribution >= 0.6 is 11.3 Å². The molecule has 0 aromatic carbocycles. The molecule has 0 unspecified atom stereocenters. The van der Waals surface area contributed by atoms with Crippen LogP contribution in [0.3, 0.4) is 0 Å². The predicted molar refractivity (Wildman–Crippen MR) is 92.9 cm³/mol. The lowest BCUT2D eigenvalue weighted by Gasteiger charge is -2.34. The summed E-state index contributed by atoms with van der Waals surface area (Å²) in [5.74, 6) is 0.0342. The minimum absolute atomic E-state index is 0.0342. The molecule has 1 atom stereocenters. The van der Waals surface area contributed by atoms with E-state index >= 15 is 0 Å². The zero-order chi connectivity index (χ0) is 17.0. The molecular formula is C16H26N4O3S. The van der Waals surface area contributed by atoms with Gasteiger partial charge in [-0.25, -0.2) is 4.98 Å². The molecule has 2 aliphatic rings. The van der Waals surface area contributed by atoms with Crippen LogP contribution in [0.5, 0.6) is 0 Å². The van der Waals surface area contributed by atoms with Gasteiger partial charge in [-0.2, -0.15) is 0 Å². The number of hydrogen-bond acceptors (Lipinski definition) is 7. The third-order valence-electron chi connectivity index (χ3n) is 4.60. The molecule has 1 aromatic heterocycles. The summed E-state index contributed by atoms with van der Waals surface area (Å²) >= 11 is 1.39. The molecule has 0 aliphatic carbocycles. The highest BCUT2D eigenvalue weighted by molar-refractivity contribution is 7.13. The van der Waals surface area contributed by atoms with Crippen LogP contribution in [-0.4, -0.2) is 77.3 Å². The number of rotatable bonds is 5. The number of carbonyl (C=O) groups is 1. The summed E-state index contributed by atoms with van der Waals surface area (Å²) in [6, 6.07) is 0. The minimum atomic E-state index is -0.985. The van der Waals surface area contributed by atoms with Gasteiger partial charge >= 0.3 is 0 Å². The van der Waals surface area contributed by atoms with Crippen LogP contribution in [0.4, 0.5) is 5.13 Å². The first-order valence-electron chi connectivity index (χ1n) is 8.54. The monoisotopic (exact) mass is 354 g/mol. The molecule has 134 valence electrons. The van der Waals surface area contributed by atoms with Gasteiger partial charge in [0.2, 0.25) is 5.91 Å². The third-order valence-corrected chi connectivity index (χ3v) is 5.32. The Morgan fingerprint density at radius 3 is 2.92 bits per heavy atom. The highest BCUT2D eigenvalue weighted by atomic mass is 32.1. The molecule has 7 nitrogen and oxygen atoms in total. The maximum Gasteiger partial charge on any atom is 0.223 e. The molecule has 2 saturated heterocycles. The number of hydrogen-bond donors (Lipinski definition) is 2. The van der Waals surface area contributed by atoms with Crippen molar-refractivity contribution in [1.29, 1.82) is 0 Å². The maximum atomic E-state index is 12.5. The van der Waals surface area contributed by atoms with E-state index in [1.807, 2.05) is 5.38 Å². The molecule has 24 heavy (non-hydrogen) atoms. The first-order valence-corrected chi connectivity index (χ1v) is 9.42. The number of anilines is 1. The van der Waals surface area contributed by atoms with E-state index in [0.29, 0.717) is 44.2 Å². The number of thiazole rings is 1. The van der Waals surface area contributed by atoms with Gasteiger partial charge in [-0.1, -0.05) is 0 Å². The second-order valence-electron chi connectivity index (χ2n) is 6.75. The van der Waals surface area contributed by atoms with Gasteiger partial charge in [-0.15, -0.1) is 11.3 Å². The molecule has 2 aliphatic heterocycles. The minimum Gasteiger partial charge on any atom is -0.384 e. The molecule has 3 rings (SSSR count). The molecule has 1 aromatic rings. The maximum absolute atomic E-state index is 12.5. The molecule has 0 spiro atoms. The van der Waals surface area contributed by atoms with Crippen molar-refractivity contribution in [2.24, 2.45) is 0 Å². The summed E-state index contributed by atoms with van der Waals surface area (Å²) in [5.41, 5.74) is 5.49. The highest BCUT2D eigenvalue weighted by Gasteiger charge is 2.36. The second kappa shape index (κ2) is 7.77. The summed E-state index contributed by atoms with van der Waals surface area (Å²) in [6.07, 6.45) is 3.31. The molecule has 0 radical (unpaired) electrons. The number of aryl methyl sites for hydroxylation is 1. The van der Waals surface area contributed by atoms with E-state index < -0.39 is 5.60 Å². The van der Waals surface area contributed by atoms with Crippen LogP contribution < -0.4 is 5.73 Å². The predicted octanol–water partition coefficient (Wildman–Crippen LogP) is 0.344. The number of amides is 1. The smallest absolute Gasteiger partial charge is 0.223 e. The van der Waals surface area contributed by atoms with Crippen LogP contribution in [0.15, 0.2) is 5.38 Å². The number of likely N-dealkylation sites (tertiary alicyclic amines) is 1. The van der Waals surface area contributed by atoms with Crippen molar-refractivity contribution >= 4 is 22.4 Å². The van der Waals surface area contributed by atoms with Crippen LogP contribution in [0.1, 0.15) is 25.0 Å². The number of nitrogens with two attached hydrogens (primary N) is 1. The van der Waals surface area contributed by atoms with Gasteiger partial charge in [0.05, 0.1) is 25.5 Å². The molecule has 1 amide bonds. The van der Waals surface area contributed by atoms with Crippen molar-refractivity contribution in [2.45, 2.75) is 31.3 Å². The van der Waals surface area contributed by atoms with Crippen molar-refractivity contribution < 1.29 is 14.6 Å². The van der Waals surface area contributed by atoms with Gasteiger partial charge in [-0.3, -0.25) is 4.79 Å². The lowest BCUT2D eigenvalue weighted by molar-refractivity contribution is -0.134. The van der Waals surface area contributed by atoms with Gasteiger partial charge in [0, 0.05) is 24.9 Å². The van der Waals surface area contributed by atoms with Gasteiger partial charge in [-0.05, 0) is 32.4 Å². The highest BCUT2D eigenvalue weighted by Crippen LogP contribution is 2.19. The van der Waals surface area contributed by atoms with E-state index in [-0.39, 0.29) is 12.5 Å². The normalized spacial score (nSPS) is 25.8. The summed E-state index contributed by atoms with van der Waals surface area (Å²) in [7, 11) is 0. The lowest BCUT2D eigenvalue weighted by Crippen LogP contribution is -2.53. The SMILES string of the molecule is Nc1nc(CCC(=O)N2CCOC[C@@](O)(CN3CCCC3)C2)cs1. The molecule has 0 saturated carbocycles. The van der Waals surface area contributed by atoms with Gasteiger partial charge in [0.1, 0.15) is 5.60 Å². The zero-order valence-corrected chi connectivity index (χ0v) is 14.8. The average Bonchev–Trinajstić information content (AvgIpc) is 3.15. The molecule has 2 fully saturated rings. The van der Waals surface area contributed by atoms with Gasteiger partial charge in [0.15, 0.2) is 5.13 Å². The number of aromatic nitrogens is 1. The zero-order valence-electron chi connectivity index (χ0n) is 13.9. The van der Waals surface area contributed by atoms with E-state index in [1.54, 1.807) is 4.90 Å². The summed E-state index contributed by atoms with van der Waals surface area (Å²) in [4.78, 5) is 20.7. The Hall–Kier alpha value is -1.22. The van der Waals surface area contributed by atoms with E-state index in [0.717, 1.165) is 18.8 Å². The fourth-order valence-electron chi connectivity index (χ4n) is 3.41. The first kappa shape index (κ1) is 17.6. The summed E-state index contributed by atoms with van der Waals surface area (Å²) in [5, 5.41) is 13.3.